The molecule has 4 saturated carbocycles. The van der Waals surface area contributed by atoms with Crippen molar-refractivity contribution in [1.82, 2.24) is 0 Å². The molecule has 29 heavy (non-hydrogen) atoms. The first-order valence-electron chi connectivity index (χ1n) is 11.4. The van der Waals surface area contributed by atoms with E-state index in [0.717, 1.165) is 38.5 Å². The van der Waals surface area contributed by atoms with Crippen molar-refractivity contribution < 1.29 is 23.8 Å². The van der Waals surface area contributed by atoms with Crippen molar-refractivity contribution in [2.75, 3.05) is 0 Å². The van der Waals surface area contributed by atoms with Crippen LogP contribution in [0, 0.1) is 46.3 Å². The first kappa shape index (κ1) is 21.3. The summed E-state index contributed by atoms with van der Waals surface area (Å²) in [7, 11) is 0. The zero-order chi connectivity index (χ0) is 21.4. The number of hydrogen-bond acceptors (Lipinski definition) is 2. The van der Waals surface area contributed by atoms with Gasteiger partial charge in [-0.3, -0.25) is 0 Å². The Morgan fingerprint density at radius 2 is 1.69 bits per heavy atom. The lowest BCUT2D eigenvalue weighted by molar-refractivity contribution is -0.238. The molecule has 4 aliphatic rings. The molecule has 0 spiro atoms. The van der Waals surface area contributed by atoms with Gasteiger partial charge in [0.15, 0.2) is 0 Å². The minimum atomic E-state index is -2.71. The number of aliphatic hydroxyl groups excluding tert-OH is 1. The van der Waals surface area contributed by atoms with Gasteiger partial charge in [0.05, 0.1) is 6.10 Å². The van der Waals surface area contributed by atoms with Crippen LogP contribution in [0.15, 0.2) is 12.2 Å². The van der Waals surface area contributed by atoms with Crippen molar-refractivity contribution in [1.29, 1.82) is 0 Å². The molecule has 0 radical (unpaired) electrons. The number of halogens is 2. The molecule has 4 rings (SSSR count). The Labute approximate surface area is 173 Å². The monoisotopic (exact) mass is 410 g/mol. The largest absolute Gasteiger partial charge is 0.478 e. The van der Waals surface area contributed by atoms with Crippen LogP contribution in [0.5, 0.6) is 0 Å². The molecule has 5 heteroatoms. The van der Waals surface area contributed by atoms with Crippen LogP contribution in [-0.2, 0) is 4.79 Å². The van der Waals surface area contributed by atoms with E-state index in [0.29, 0.717) is 6.42 Å². The number of alkyl halides is 2. The average molecular weight is 411 g/mol. The summed E-state index contributed by atoms with van der Waals surface area (Å²) in [4.78, 5) is 11.5. The quantitative estimate of drug-likeness (QED) is 0.602. The van der Waals surface area contributed by atoms with Gasteiger partial charge in [0, 0.05) is 17.9 Å². The Morgan fingerprint density at radius 1 is 1.07 bits per heavy atom. The summed E-state index contributed by atoms with van der Waals surface area (Å²) >= 11 is 0. The summed E-state index contributed by atoms with van der Waals surface area (Å²) in [5.74, 6) is -4.55. The third-order valence-electron chi connectivity index (χ3n) is 10.1. The fourth-order valence-electron chi connectivity index (χ4n) is 8.43. The van der Waals surface area contributed by atoms with E-state index in [9.17, 15) is 15.0 Å². The third-order valence-corrected chi connectivity index (χ3v) is 10.1. The van der Waals surface area contributed by atoms with Crippen LogP contribution in [0.2, 0.25) is 0 Å². The second-order valence-corrected chi connectivity index (χ2v) is 11.2. The standard InChI is InChI=1S/C24H36F2O3/c1-13(14(2)21(28)29)17-5-6-18-20-19(8-10-23(17,18)4)22(3)9-7-16(27)11-15(22)12-24(20,25)26/h13,15-20,27H,2,5-12H2,1,3-4H3,(H,28,29)/t13-,15+,16-,17-,18?,19?,20?,22+,23-/m1/s1. The number of fused-ring (bicyclic) bond motifs is 5. The first-order valence-corrected chi connectivity index (χ1v) is 11.4. The average Bonchev–Trinajstić information content (AvgIpc) is 2.98. The SMILES string of the molecule is C=C(C(=O)O)[C@@H](C)[C@H]1CCC2C3C(CC[C@@]21C)[C@@]1(C)CC[C@@H](O)C[C@H]1CC3(F)F. The van der Waals surface area contributed by atoms with E-state index in [-0.39, 0.29) is 52.4 Å². The molecule has 0 heterocycles. The van der Waals surface area contributed by atoms with Gasteiger partial charge in [0.25, 0.3) is 5.92 Å². The molecule has 9 atom stereocenters. The summed E-state index contributed by atoms with van der Waals surface area (Å²) < 4.78 is 31.3. The summed E-state index contributed by atoms with van der Waals surface area (Å²) in [6.45, 7) is 10.0. The molecule has 0 amide bonds. The zero-order valence-corrected chi connectivity index (χ0v) is 18.0. The van der Waals surface area contributed by atoms with Gasteiger partial charge in [-0.1, -0.05) is 27.4 Å². The summed E-state index contributed by atoms with van der Waals surface area (Å²) in [6, 6.07) is 0. The normalized spacial score (nSPS) is 49.4. The predicted octanol–water partition coefficient (Wildman–Crippen LogP) is 5.53. The molecule has 0 bridgehead atoms. The maximum Gasteiger partial charge on any atom is 0.331 e. The number of aliphatic carboxylic acids is 1. The number of carboxylic acids is 1. The molecular formula is C24H36F2O3. The fourth-order valence-corrected chi connectivity index (χ4v) is 8.43. The van der Waals surface area contributed by atoms with Gasteiger partial charge in [0.2, 0.25) is 0 Å². The highest BCUT2D eigenvalue weighted by atomic mass is 19.3. The molecule has 4 fully saturated rings. The van der Waals surface area contributed by atoms with Gasteiger partial charge in [-0.15, -0.1) is 0 Å². The van der Waals surface area contributed by atoms with Crippen molar-refractivity contribution in [2.24, 2.45) is 46.3 Å². The molecular weight excluding hydrogens is 374 g/mol. The molecule has 0 aromatic carbocycles. The van der Waals surface area contributed by atoms with Gasteiger partial charge in [0.1, 0.15) is 0 Å². The Kier molecular flexibility index (Phi) is 4.96. The zero-order valence-electron chi connectivity index (χ0n) is 18.0. The first-order chi connectivity index (χ1) is 13.4. The van der Waals surface area contributed by atoms with E-state index in [2.05, 4.69) is 20.4 Å². The second kappa shape index (κ2) is 6.77. The van der Waals surface area contributed by atoms with Crippen LogP contribution >= 0.6 is 0 Å². The maximum atomic E-state index is 15.6. The lowest BCUT2D eigenvalue weighted by Gasteiger charge is -2.63. The van der Waals surface area contributed by atoms with Crippen LogP contribution in [0.25, 0.3) is 0 Å². The van der Waals surface area contributed by atoms with Crippen LogP contribution < -0.4 is 0 Å². The molecule has 3 nitrogen and oxygen atoms in total. The molecule has 0 saturated heterocycles. The van der Waals surface area contributed by atoms with Gasteiger partial charge in [-0.25, -0.2) is 13.6 Å². The lowest BCUT2D eigenvalue weighted by Crippen LogP contribution is -2.61. The summed E-state index contributed by atoms with van der Waals surface area (Å²) in [5.41, 5.74) is -0.149. The topological polar surface area (TPSA) is 57.5 Å². The Bertz CT molecular complexity index is 706. The Hall–Kier alpha value is -0.970. The Balaban J connectivity index is 1.66. The van der Waals surface area contributed by atoms with E-state index in [1.165, 1.54) is 0 Å². The number of carbonyl (C=O) groups is 1. The molecule has 2 N–H and O–H groups in total. The van der Waals surface area contributed by atoms with Crippen LogP contribution in [-0.4, -0.2) is 28.2 Å². The van der Waals surface area contributed by atoms with E-state index in [1.54, 1.807) is 0 Å². The maximum absolute atomic E-state index is 15.6. The predicted molar refractivity (Wildman–Crippen MR) is 107 cm³/mol. The third kappa shape index (κ3) is 3.01. The summed E-state index contributed by atoms with van der Waals surface area (Å²) in [5, 5.41) is 19.5. The molecule has 0 aliphatic heterocycles. The van der Waals surface area contributed by atoms with Crippen molar-refractivity contribution in [2.45, 2.75) is 84.2 Å². The fraction of sp³-hybridized carbons (Fsp3) is 0.875. The number of rotatable bonds is 3. The van der Waals surface area contributed by atoms with E-state index in [4.69, 9.17) is 0 Å². The van der Waals surface area contributed by atoms with Gasteiger partial charge in [-0.05, 0) is 85.4 Å². The van der Waals surface area contributed by atoms with Crippen molar-refractivity contribution in [3.05, 3.63) is 12.2 Å². The van der Waals surface area contributed by atoms with E-state index in [1.807, 2.05) is 6.92 Å². The van der Waals surface area contributed by atoms with E-state index < -0.39 is 23.9 Å². The smallest absolute Gasteiger partial charge is 0.331 e. The highest BCUT2D eigenvalue weighted by Gasteiger charge is 2.68. The lowest BCUT2D eigenvalue weighted by atomic mass is 9.43. The minimum Gasteiger partial charge on any atom is -0.478 e. The number of hydrogen-bond donors (Lipinski definition) is 2. The summed E-state index contributed by atoms with van der Waals surface area (Å²) in [6.07, 6.45) is 4.79. The molecule has 164 valence electrons. The minimum absolute atomic E-state index is 0.00134. The van der Waals surface area contributed by atoms with Crippen LogP contribution in [0.3, 0.4) is 0 Å². The van der Waals surface area contributed by atoms with Crippen molar-refractivity contribution in [3.8, 4) is 0 Å². The number of aliphatic hydroxyl groups is 1. The van der Waals surface area contributed by atoms with Crippen LogP contribution in [0.4, 0.5) is 8.78 Å². The highest BCUT2D eigenvalue weighted by Crippen LogP contribution is 2.71. The number of carboxylic acid groups (broad SMARTS) is 1. The second-order valence-electron chi connectivity index (χ2n) is 11.2. The van der Waals surface area contributed by atoms with Crippen molar-refractivity contribution >= 4 is 5.97 Å². The van der Waals surface area contributed by atoms with Crippen LogP contribution in [0.1, 0.15) is 72.1 Å². The van der Waals surface area contributed by atoms with Crippen molar-refractivity contribution in [3.63, 3.8) is 0 Å². The highest BCUT2D eigenvalue weighted by molar-refractivity contribution is 5.86. The Morgan fingerprint density at radius 3 is 2.34 bits per heavy atom. The molecule has 4 aliphatic carbocycles. The van der Waals surface area contributed by atoms with Gasteiger partial charge >= 0.3 is 5.97 Å². The van der Waals surface area contributed by atoms with Gasteiger partial charge < -0.3 is 10.2 Å². The van der Waals surface area contributed by atoms with E-state index >= 15 is 8.78 Å². The van der Waals surface area contributed by atoms with Gasteiger partial charge in [-0.2, -0.15) is 0 Å². The molecule has 3 unspecified atom stereocenters. The molecule has 0 aromatic rings. The molecule has 0 aromatic heterocycles.